The molecule has 0 aliphatic rings. The molecule has 1 rings (SSSR count). The van der Waals surface area contributed by atoms with Crippen molar-refractivity contribution < 1.29 is 18.3 Å². The van der Waals surface area contributed by atoms with Gasteiger partial charge in [0, 0.05) is 0 Å². The van der Waals surface area contributed by atoms with Crippen LogP contribution in [0.5, 0.6) is 11.5 Å². The van der Waals surface area contributed by atoms with Crippen LogP contribution in [0.25, 0.3) is 0 Å². The van der Waals surface area contributed by atoms with Crippen LogP contribution in [0, 0.1) is 0 Å². The fraction of sp³-hybridized carbons (Fsp3) is 0.400. The van der Waals surface area contributed by atoms with Crippen LogP contribution in [0.15, 0.2) is 23.1 Å². The molecule has 5 nitrogen and oxygen atoms in total. The molecule has 0 spiro atoms. The molecule has 3 N–H and O–H groups in total. The number of nitrogens with two attached hydrogens (primary N) is 1. The molecule has 1 aromatic carbocycles. The van der Waals surface area contributed by atoms with E-state index in [9.17, 15) is 13.5 Å². The van der Waals surface area contributed by atoms with Crippen LogP contribution in [-0.4, -0.2) is 19.1 Å². The van der Waals surface area contributed by atoms with Crippen molar-refractivity contribution in [1.82, 2.24) is 0 Å². The van der Waals surface area contributed by atoms with Gasteiger partial charge >= 0.3 is 0 Å². The molecule has 0 aliphatic carbocycles. The Labute approximate surface area is 94.9 Å². The smallest absolute Gasteiger partial charge is 0.241 e. The summed E-state index contributed by atoms with van der Waals surface area (Å²) in [7, 11) is -3.91. The van der Waals surface area contributed by atoms with Crippen molar-refractivity contribution in [3.63, 3.8) is 0 Å². The number of rotatable bonds is 2. The number of hydrogen-bond donors (Lipinski definition) is 2. The zero-order valence-electron chi connectivity index (χ0n) is 9.39. The second-order valence-corrected chi connectivity index (χ2v) is 5.89. The highest BCUT2D eigenvalue weighted by atomic mass is 32.2. The van der Waals surface area contributed by atoms with Crippen molar-refractivity contribution in [2.24, 2.45) is 5.14 Å². The second-order valence-electron chi connectivity index (χ2n) is 4.36. The molecular weight excluding hydrogens is 230 g/mol. The molecule has 0 radical (unpaired) electrons. The molecular formula is C10H15NO4S. The molecule has 0 aliphatic heterocycles. The third-order valence-corrected chi connectivity index (χ3v) is 2.61. The first-order valence-electron chi connectivity index (χ1n) is 4.65. The summed E-state index contributed by atoms with van der Waals surface area (Å²) < 4.78 is 27.9. The predicted octanol–water partition coefficient (Wildman–Crippen LogP) is 1.22. The summed E-state index contributed by atoms with van der Waals surface area (Å²) in [5.41, 5.74) is -0.627. The highest BCUT2D eigenvalue weighted by molar-refractivity contribution is 7.89. The normalized spacial score (nSPS) is 12.5. The van der Waals surface area contributed by atoms with E-state index in [1.54, 1.807) is 20.8 Å². The van der Waals surface area contributed by atoms with Crippen LogP contribution in [0.4, 0.5) is 0 Å². The van der Waals surface area contributed by atoms with Crippen LogP contribution >= 0.6 is 0 Å². The lowest BCUT2D eigenvalue weighted by atomic mass is 10.2. The van der Waals surface area contributed by atoms with Gasteiger partial charge in [-0.3, -0.25) is 0 Å². The molecule has 0 bridgehead atoms. The fourth-order valence-electron chi connectivity index (χ4n) is 1.14. The largest absolute Gasteiger partial charge is 0.504 e. The monoisotopic (exact) mass is 245 g/mol. The fourth-order valence-corrected chi connectivity index (χ4v) is 1.81. The van der Waals surface area contributed by atoms with E-state index in [1.165, 1.54) is 18.2 Å². The maximum atomic E-state index is 11.3. The van der Waals surface area contributed by atoms with Gasteiger partial charge in [-0.2, -0.15) is 0 Å². The maximum absolute atomic E-state index is 11.3. The van der Waals surface area contributed by atoms with Gasteiger partial charge in [0.15, 0.2) is 11.5 Å². The van der Waals surface area contributed by atoms with Crippen LogP contribution in [0.3, 0.4) is 0 Å². The molecule has 0 aromatic heterocycles. The number of hydrogen-bond acceptors (Lipinski definition) is 4. The lowest BCUT2D eigenvalue weighted by molar-refractivity contribution is 0.121. The van der Waals surface area contributed by atoms with Gasteiger partial charge in [0.25, 0.3) is 0 Å². The van der Waals surface area contributed by atoms with Gasteiger partial charge in [0.2, 0.25) is 10.0 Å². The number of benzene rings is 1. The molecule has 90 valence electrons. The molecule has 0 amide bonds. The van der Waals surface area contributed by atoms with E-state index in [0.717, 1.165) is 0 Å². The van der Waals surface area contributed by atoms with E-state index in [0.29, 0.717) is 0 Å². The van der Waals surface area contributed by atoms with E-state index >= 15 is 0 Å². The SMILES string of the molecule is CC(C)(C)Oc1c(O)cccc1S(N)(=O)=O. The minimum Gasteiger partial charge on any atom is -0.504 e. The van der Waals surface area contributed by atoms with Gasteiger partial charge in [-0.15, -0.1) is 0 Å². The van der Waals surface area contributed by atoms with E-state index in [4.69, 9.17) is 9.88 Å². The van der Waals surface area contributed by atoms with Gasteiger partial charge < -0.3 is 9.84 Å². The van der Waals surface area contributed by atoms with E-state index in [-0.39, 0.29) is 16.4 Å². The van der Waals surface area contributed by atoms with E-state index in [1.807, 2.05) is 0 Å². The quantitative estimate of drug-likeness (QED) is 0.819. The summed E-state index contributed by atoms with van der Waals surface area (Å²) in [6, 6.07) is 4.02. The van der Waals surface area contributed by atoms with Crippen LogP contribution in [0.2, 0.25) is 0 Å². The minimum atomic E-state index is -3.91. The Kier molecular flexibility index (Phi) is 3.16. The number of primary sulfonamides is 1. The van der Waals surface area contributed by atoms with Crippen molar-refractivity contribution in [1.29, 1.82) is 0 Å². The van der Waals surface area contributed by atoms with Crippen molar-refractivity contribution >= 4 is 10.0 Å². The molecule has 0 saturated heterocycles. The van der Waals surface area contributed by atoms with Crippen LogP contribution in [-0.2, 0) is 10.0 Å². The number of aromatic hydroxyl groups is 1. The molecule has 1 aromatic rings. The van der Waals surface area contributed by atoms with Gasteiger partial charge in [-0.05, 0) is 32.9 Å². The first kappa shape index (κ1) is 12.8. The Morgan fingerprint density at radius 3 is 2.31 bits per heavy atom. The van der Waals surface area contributed by atoms with Crippen molar-refractivity contribution in [2.45, 2.75) is 31.3 Å². The Hall–Kier alpha value is -1.27. The molecule has 0 unspecified atom stereocenters. The van der Waals surface area contributed by atoms with Crippen LogP contribution < -0.4 is 9.88 Å². The summed E-state index contributed by atoms with van der Waals surface area (Å²) in [5, 5.41) is 14.6. The predicted molar refractivity (Wildman–Crippen MR) is 59.9 cm³/mol. The number of sulfonamides is 1. The molecule has 16 heavy (non-hydrogen) atoms. The lowest BCUT2D eigenvalue weighted by Crippen LogP contribution is -2.25. The number of phenolic OH excluding ortho intramolecular Hbond substituents is 1. The highest BCUT2D eigenvalue weighted by Crippen LogP contribution is 2.35. The number of phenols is 1. The summed E-state index contributed by atoms with van der Waals surface area (Å²) in [6.45, 7) is 5.23. The summed E-state index contributed by atoms with van der Waals surface area (Å²) in [6.07, 6.45) is 0. The Balaban J connectivity index is 3.36. The molecule has 0 atom stereocenters. The topological polar surface area (TPSA) is 89.6 Å². The Morgan fingerprint density at radius 1 is 1.31 bits per heavy atom. The zero-order valence-corrected chi connectivity index (χ0v) is 10.2. The molecule has 0 fully saturated rings. The Bertz CT molecular complexity index is 488. The minimum absolute atomic E-state index is 0.113. The molecule has 6 heteroatoms. The first-order chi connectivity index (χ1) is 7.11. The summed E-state index contributed by atoms with van der Waals surface area (Å²) >= 11 is 0. The van der Waals surface area contributed by atoms with Gasteiger partial charge in [0.05, 0.1) is 0 Å². The lowest BCUT2D eigenvalue weighted by Gasteiger charge is -2.23. The molecule has 0 heterocycles. The van der Waals surface area contributed by atoms with Gasteiger partial charge in [0.1, 0.15) is 10.5 Å². The highest BCUT2D eigenvalue weighted by Gasteiger charge is 2.23. The average molecular weight is 245 g/mol. The third kappa shape index (κ3) is 3.11. The van der Waals surface area contributed by atoms with E-state index in [2.05, 4.69) is 0 Å². The van der Waals surface area contributed by atoms with Crippen molar-refractivity contribution in [2.75, 3.05) is 0 Å². The van der Waals surface area contributed by atoms with Crippen LogP contribution in [0.1, 0.15) is 20.8 Å². The first-order valence-corrected chi connectivity index (χ1v) is 6.20. The number of ether oxygens (including phenoxy) is 1. The van der Waals surface area contributed by atoms with Crippen molar-refractivity contribution in [3.8, 4) is 11.5 Å². The van der Waals surface area contributed by atoms with Crippen molar-refractivity contribution in [3.05, 3.63) is 18.2 Å². The maximum Gasteiger partial charge on any atom is 0.241 e. The summed E-state index contributed by atoms with van der Waals surface area (Å²) in [5.74, 6) is -0.362. The standard InChI is InChI=1S/C10H15NO4S/c1-10(2,3)15-9-7(12)5-4-6-8(9)16(11,13)14/h4-6,12H,1-3H3,(H2,11,13,14). The summed E-state index contributed by atoms with van der Waals surface area (Å²) in [4.78, 5) is -0.220. The Morgan fingerprint density at radius 2 is 1.88 bits per heavy atom. The van der Waals surface area contributed by atoms with Gasteiger partial charge in [-0.1, -0.05) is 6.07 Å². The third-order valence-electron chi connectivity index (χ3n) is 1.67. The molecule has 0 saturated carbocycles. The van der Waals surface area contributed by atoms with Gasteiger partial charge in [-0.25, -0.2) is 13.6 Å². The average Bonchev–Trinajstić information content (AvgIpc) is 2.04. The number of para-hydroxylation sites is 1. The zero-order chi connectivity index (χ0) is 12.6. The van der Waals surface area contributed by atoms with E-state index < -0.39 is 15.6 Å². The second kappa shape index (κ2) is 3.95.